The van der Waals surface area contributed by atoms with Crippen molar-refractivity contribution in [2.75, 3.05) is 0 Å². The lowest BCUT2D eigenvalue weighted by molar-refractivity contribution is -0.123. The highest BCUT2D eigenvalue weighted by Gasteiger charge is 2.10. The minimum Gasteiger partial charge on any atom is -0.393 e. The molecular weight excluding hydrogens is 190 g/mol. The first-order valence-corrected chi connectivity index (χ1v) is 5.12. The van der Waals surface area contributed by atoms with Gasteiger partial charge in [0, 0.05) is 0 Å². The number of carbonyl (C=O) groups is 1. The highest BCUT2D eigenvalue weighted by atomic mass is 16.3. The second-order valence-electron chi connectivity index (χ2n) is 3.75. The Morgan fingerprint density at radius 2 is 1.93 bits per heavy atom. The molecule has 0 fully saturated rings. The summed E-state index contributed by atoms with van der Waals surface area (Å²) in [6.07, 6.45) is -0.440. The lowest BCUT2D eigenvalue weighted by atomic mass is 10.1. The molecule has 3 nitrogen and oxygen atoms in total. The Bertz CT molecular complexity index is 309. The summed E-state index contributed by atoms with van der Waals surface area (Å²) in [5.41, 5.74) is 1.07. The number of hydrogen-bond donors (Lipinski definition) is 2. The molecule has 1 aromatic carbocycles. The molecule has 2 atom stereocenters. The molecule has 0 aliphatic carbocycles. The van der Waals surface area contributed by atoms with Crippen molar-refractivity contribution < 1.29 is 9.90 Å². The predicted octanol–water partition coefficient (Wildman–Crippen LogP) is 1.63. The predicted molar refractivity (Wildman–Crippen MR) is 59.3 cm³/mol. The number of nitrogens with one attached hydrogen (secondary N) is 1. The highest BCUT2D eigenvalue weighted by molar-refractivity contribution is 5.76. The van der Waals surface area contributed by atoms with Gasteiger partial charge in [-0.25, -0.2) is 0 Å². The number of aliphatic hydroxyl groups is 1. The van der Waals surface area contributed by atoms with Gasteiger partial charge in [0.05, 0.1) is 18.6 Å². The average Bonchev–Trinajstić information content (AvgIpc) is 2.17. The summed E-state index contributed by atoms with van der Waals surface area (Å²) < 4.78 is 0. The molecule has 3 heteroatoms. The minimum atomic E-state index is -0.590. The Morgan fingerprint density at radius 1 is 1.33 bits per heavy atom. The molecule has 0 heterocycles. The molecule has 1 amide bonds. The Morgan fingerprint density at radius 3 is 2.47 bits per heavy atom. The van der Waals surface area contributed by atoms with Crippen LogP contribution in [0.1, 0.15) is 31.9 Å². The van der Waals surface area contributed by atoms with Crippen molar-refractivity contribution in [3.05, 3.63) is 35.9 Å². The zero-order valence-electron chi connectivity index (χ0n) is 9.10. The van der Waals surface area contributed by atoms with Crippen LogP contribution in [-0.2, 0) is 4.79 Å². The third-order valence-electron chi connectivity index (χ3n) is 2.16. The second-order valence-corrected chi connectivity index (χ2v) is 3.75. The SMILES string of the molecule is CC(O)CC(=O)NC(C)c1ccccc1. The number of benzene rings is 1. The third-order valence-corrected chi connectivity index (χ3v) is 2.16. The van der Waals surface area contributed by atoms with E-state index in [1.807, 2.05) is 37.3 Å². The first-order chi connectivity index (χ1) is 7.09. The summed E-state index contributed by atoms with van der Waals surface area (Å²) in [6.45, 7) is 3.53. The fourth-order valence-electron chi connectivity index (χ4n) is 1.39. The molecule has 0 aliphatic rings. The van der Waals surface area contributed by atoms with Gasteiger partial charge in [-0.1, -0.05) is 30.3 Å². The summed E-state index contributed by atoms with van der Waals surface area (Å²) in [7, 11) is 0. The molecule has 0 saturated heterocycles. The molecule has 2 unspecified atom stereocenters. The van der Waals surface area contributed by atoms with Crippen molar-refractivity contribution in [1.29, 1.82) is 0 Å². The first kappa shape index (κ1) is 11.7. The van der Waals surface area contributed by atoms with Gasteiger partial charge in [-0.3, -0.25) is 4.79 Å². The maximum Gasteiger partial charge on any atom is 0.223 e. The van der Waals surface area contributed by atoms with Gasteiger partial charge in [-0.05, 0) is 19.4 Å². The van der Waals surface area contributed by atoms with Crippen molar-refractivity contribution in [3.8, 4) is 0 Å². The quantitative estimate of drug-likeness (QED) is 0.788. The maximum atomic E-state index is 11.4. The average molecular weight is 207 g/mol. The highest BCUT2D eigenvalue weighted by Crippen LogP contribution is 2.11. The molecule has 0 saturated carbocycles. The minimum absolute atomic E-state index is 0.0163. The number of amides is 1. The van der Waals surface area contributed by atoms with Gasteiger partial charge < -0.3 is 10.4 Å². The van der Waals surface area contributed by atoms with E-state index in [-0.39, 0.29) is 18.4 Å². The van der Waals surface area contributed by atoms with E-state index in [4.69, 9.17) is 5.11 Å². The molecule has 15 heavy (non-hydrogen) atoms. The Kier molecular flexibility index (Phi) is 4.31. The second kappa shape index (κ2) is 5.51. The van der Waals surface area contributed by atoms with E-state index in [2.05, 4.69) is 5.32 Å². The lowest BCUT2D eigenvalue weighted by Gasteiger charge is -2.14. The molecule has 0 radical (unpaired) electrons. The smallest absolute Gasteiger partial charge is 0.223 e. The van der Waals surface area contributed by atoms with Crippen LogP contribution in [0.5, 0.6) is 0 Å². The van der Waals surface area contributed by atoms with Gasteiger partial charge in [0.25, 0.3) is 0 Å². The first-order valence-electron chi connectivity index (χ1n) is 5.12. The van der Waals surface area contributed by atoms with Crippen LogP contribution in [0.25, 0.3) is 0 Å². The number of rotatable bonds is 4. The van der Waals surface area contributed by atoms with E-state index in [0.717, 1.165) is 5.56 Å². The third kappa shape index (κ3) is 4.13. The topological polar surface area (TPSA) is 49.3 Å². The molecule has 2 N–H and O–H groups in total. The molecule has 1 rings (SSSR count). The summed E-state index contributed by atoms with van der Waals surface area (Å²) in [5.74, 6) is -0.124. The molecule has 0 spiro atoms. The molecular formula is C12H17NO2. The van der Waals surface area contributed by atoms with E-state index >= 15 is 0 Å². The van der Waals surface area contributed by atoms with Crippen LogP contribution in [0.4, 0.5) is 0 Å². The standard InChI is InChI=1S/C12H17NO2/c1-9(14)8-12(15)13-10(2)11-6-4-3-5-7-11/h3-7,9-10,14H,8H2,1-2H3,(H,13,15). The van der Waals surface area contributed by atoms with Crippen molar-refractivity contribution >= 4 is 5.91 Å². The fourth-order valence-corrected chi connectivity index (χ4v) is 1.39. The van der Waals surface area contributed by atoms with Crippen molar-refractivity contribution in [2.45, 2.75) is 32.4 Å². The van der Waals surface area contributed by atoms with Gasteiger partial charge in [0.1, 0.15) is 0 Å². The summed E-state index contributed by atoms with van der Waals surface area (Å²) in [5, 5.41) is 11.9. The van der Waals surface area contributed by atoms with E-state index < -0.39 is 6.10 Å². The van der Waals surface area contributed by atoms with Crippen LogP contribution in [0.15, 0.2) is 30.3 Å². The zero-order valence-corrected chi connectivity index (χ0v) is 9.10. The Labute approximate surface area is 90.1 Å². The molecule has 1 aromatic rings. The monoisotopic (exact) mass is 207 g/mol. The van der Waals surface area contributed by atoms with Gasteiger partial charge >= 0.3 is 0 Å². The van der Waals surface area contributed by atoms with Gasteiger partial charge in [-0.2, -0.15) is 0 Å². The molecule has 0 aromatic heterocycles. The molecule has 82 valence electrons. The summed E-state index contributed by atoms with van der Waals surface area (Å²) in [4.78, 5) is 11.4. The van der Waals surface area contributed by atoms with E-state index in [0.29, 0.717) is 0 Å². The van der Waals surface area contributed by atoms with Crippen LogP contribution < -0.4 is 5.32 Å². The number of aliphatic hydroxyl groups excluding tert-OH is 1. The zero-order chi connectivity index (χ0) is 11.3. The van der Waals surface area contributed by atoms with Gasteiger partial charge in [0.2, 0.25) is 5.91 Å². The van der Waals surface area contributed by atoms with Crippen LogP contribution in [0, 0.1) is 0 Å². The molecule has 0 aliphatic heterocycles. The van der Waals surface area contributed by atoms with Crippen LogP contribution in [0.3, 0.4) is 0 Å². The van der Waals surface area contributed by atoms with Gasteiger partial charge in [-0.15, -0.1) is 0 Å². The number of hydrogen-bond acceptors (Lipinski definition) is 2. The Hall–Kier alpha value is -1.35. The fraction of sp³-hybridized carbons (Fsp3) is 0.417. The van der Waals surface area contributed by atoms with Crippen LogP contribution in [0.2, 0.25) is 0 Å². The van der Waals surface area contributed by atoms with Crippen LogP contribution >= 0.6 is 0 Å². The maximum absolute atomic E-state index is 11.4. The molecule has 0 bridgehead atoms. The van der Waals surface area contributed by atoms with E-state index in [1.165, 1.54) is 0 Å². The van der Waals surface area contributed by atoms with Crippen molar-refractivity contribution in [2.24, 2.45) is 0 Å². The Balaban J connectivity index is 2.49. The number of carbonyl (C=O) groups excluding carboxylic acids is 1. The van der Waals surface area contributed by atoms with Crippen molar-refractivity contribution in [1.82, 2.24) is 5.32 Å². The van der Waals surface area contributed by atoms with E-state index in [9.17, 15) is 4.79 Å². The van der Waals surface area contributed by atoms with E-state index in [1.54, 1.807) is 6.92 Å². The summed E-state index contributed by atoms with van der Waals surface area (Å²) in [6, 6.07) is 9.73. The van der Waals surface area contributed by atoms with Crippen molar-refractivity contribution in [3.63, 3.8) is 0 Å². The van der Waals surface area contributed by atoms with Gasteiger partial charge in [0.15, 0.2) is 0 Å². The largest absolute Gasteiger partial charge is 0.393 e. The normalized spacial score (nSPS) is 14.3. The van der Waals surface area contributed by atoms with Crippen LogP contribution in [-0.4, -0.2) is 17.1 Å². The summed E-state index contributed by atoms with van der Waals surface area (Å²) >= 11 is 0. The lowest BCUT2D eigenvalue weighted by Crippen LogP contribution is -2.28.